The zero-order valence-electron chi connectivity index (χ0n) is 14.3. The van der Waals surface area contributed by atoms with Crippen LogP contribution in [0.15, 0.2) is 24.3 Å². The first-order chi connectivity index (χ1) is 10.5. The number of morpholine rings is 1. The first kappa shape index (κ1) is 17.3. The van der Waals surface area contributed by atoms with Crippen LogP contribution in [0.25, 0.3) is 0 Å². The summed E-state index contributed by atoms with van der Waals surface area (Å²) in [5, 5.41) is 7.17. The third-order valence-corrected chi connectivity index (χ3v) is 3.92. The molecule has 1 aliphatic rings. The van der Waals surface area contributed by atoms with Gasteiger partial charge in [0.2, 0.25) is 0 Å². The van der Waals surface area contributed by atoms with Crippen LogP contribution in [0.4, 0.5) is 0 Å². The summed E-state index contributed by atoms with van der Waals surface area (Å²) in [6.45, 7) is 11.2. The molecular formula is C18H30N2O2. The zero-order valence-corrected chi connectivity index (χ0v) is 14.3. The van der Waals surface area contributed by atoms with Crippen LogP contribution in [-0.2, 0) is 4.74 Å². The number of hydrogen-bond donors (Lipinski definition) is 2. The van der Waals surface area contributed by atoms with Gasteiger partial charge in [-0.2, -0.15) is 0 Å². The molecule has 1 aliphatic heterocycles. The van der Waals surface area contributed by atoms with Crippen LogP contribution in [0.3, 0.4) is 0 Å². The van der Waals surface area contributed by atoms with Crippen molar-refractivity contribution < 1.29 is 9.47 Å². The molecule has 0 saturated carbocycles. The van der Waals surface area contributed by atoms with E-state index >= 15 is 0 Å². The van der Waals surface area contributed by atoms with Gasteiger partial charge in [0.1, 0.15) is 5.75 Å². The maximum absolute atomic E-state index is 5.69. The summed E-state index contributed by atoms with van der Waals surface area (Å²) in [6.07, 6.45) is 1.30. The Bertz CT molecular complexity index is 427. The number of benzene rings is 1. The van der Waals surface area contributed by atoms with E-state index in [0.717, 1.165) is 31.9 Å². The molecule has 3 unspecified atom stereocenters. The van der Waals surface area contributed by atoms with Crippen molar-refractivity contribution in [2.45, 2.75) is 58.3 Å². The first-order valence-electron chi connectivity index (χ1n) is 8.38. The number of hydrogen-bond acceptors (Lipinski definition) is 4. The standard InChI is InChI=1S/C18H30N2O2/c1-13(2)22-18-7-5-16(6-8-18)15(4)20-14(3)11-17-12-21-10-9-19-17/h5-8,13-15,17,19-20H,9-12H2,1-4H3. The largest absolute Gasteiger partial charge is 0.491 e. The van der Waals surface area contributed by atoms with Gasteiger partial charge in [-0.3, -0.25) is 0 Å². The summed E-state index contributed by atoms with van der Waals surface area (Å²) in [6, 6.07) is 9.62. The molecule has 0 aliphatic carbocycles. The molecule has 1 heterocycles. The summed E-state index contributed by atoms with van der Waals surface area (Å²) in [5.41, 5.74) is 1.29. The third kappa shape index (κ3) is 5.59. The van der Waals surface area contributed by atoms with Gasteiger partial charge in [0, 0.05) is 24.7 Å². The molecule has 4 nitrogen and oxygen atoms in total. The maximum Gasteiger partial charge on any atom is 0.119 e. The fourth-order valence-corrected chi connectivity index (χ4v) is 2.90. The number of rotatable bonds is 7. The van der Waals surface area contributed by atoms with Crippen molar-refractivity contribution in [3.05, 3.63) is 29.8 Å². The minimum atomic E-state index is 0.214. The predicted molar refractivity (Wildman–Crippen MR) is 90.4 cm³/mol. The van der Waals surface area contributed by atoms with E-state index in [1.165, 1.54) is 5.56 Å². The molecule has 0 spiro atoms. The monoisotopic (exact) mass is 306 g/mol. The van der Waals surface area contributed by atoms with Crippen LogP contribution >= 0.6 is 0 Å². The molecule has 22 heavy (non-hydrogen) atoms. The van der Waals surface area contributed by atoms with E-state index in [2.05, 4.69) is 48.7 Å². The smallest absolute Gasteiger partial charge is 0.119 e. The molecule has 1 aromatic carbocycles. The molecule has 124 valence electrons. The Morgan fingerprint density at radius 2 is 1.95 bits per heavy atom. The van der Waals surface area contributed by atoms with Gasteiger partial charge >= 0.3 is 0 Å². The van der Waals surface area contributed by atoms with Crippen LogP contribution in [0, 0.1) is 0 Å². The second kappa shape index (κ2) is 8.51. The lowest BCUT2D eigenvalue weighted by molar-refractivity contribution is 0.0708. The molecule has 0 radical (unpaired) electrons. The molecule has 0 aromatic heterocycles. The van der Waals surface area contributed by atoms with Gasteiger partial charge in [-0.15, -0.1) is 0 Å². The highest BCUT2D eigenvalue weighted by Crippen LogP contribution is 2.19. The predicted octanol–water partition coefficient (Wildman–Crippen LogP) is 2.89. The van der Waals surface area contributed by atoms with Crippen LogP contribution in [0.1, 0.15) is 45.7 Å². The fourth-order valence-electron chi connectivity index (χ4n) is 2.90. The quantitative estimate of drug-likeness (QED) is 0.813. The summed E-state index contributed by atoms with van der Waals surface area (Å²) in [4.78, 5) is 0. The average Bonchev–Trinajstić information content (AvgIpc) is 2.48. The summed E-state index contributed by atoms with van der Waals surface area (Å²) in [5.74, 6) is 0.933. The van der Waals surface area contributed by atoms with Crippen LogP contribution in [0.5, 0.6) is 5.75 Å². The van der Waals surface area contributed by atoms with E-state index in [0.29, 0.717) is 18.1 Å². The molecule has 2 N–H and O–H groups in total. The molecule has 0 bridgehead atoms. The minimum absolute atomic E-state index is 0.214. The van der Waals surface area contributed by atoms with E-state index < -0.39 is 0 Å². The Labute approximate surface area is 134 Å². The highest BCUT2D eigenvalue weighted by atomic mass is 16.5. The van der Waals surface area contributed by atoms with E-state index in [1.807, 2.05) is 13.8 Å². The second-order valence-corrected chi connectivity index (χ2v) is 6.49. The van der Waals surface area contributed by atoms with Crippen LogP contribution in [-0.4, -0.2) is 37.9 Å². The van der Waals surface area contributed by atoms with Gasteiger partial charge in [-0.1, -0.05) is 12.1 Å². The van der Waals surface area contributed by atoms with E-state index in [1.54, 1.807) is 0 Å². The lowest BCUT2D eigenvalue weighted by atomic mass is 10.0. The van der Waals surface area contributed by atoms with Crippen molar-refractivity contribution in [3.8, 4) is 5.75 Å². The second-order valence-electron chi connectivity index (χ2n) is 6.49. The van der Waals surface area contributed by atoms with Gasteiger partial charge in [0.25, 0.3) is 0 Å². The molecule has 3 atom stereocenters. The minimum Gasteiger partial charge on any atom is -0.491 e. The number of nitrogens with one attached hydrogen (secondary N) is 2. The molecule has 0 amide bonds. The van der Waals surface area contributed by atoms with Crippen molar-refractivity contribution in [1.29, 1.82) is 0 Å². The molecule has 1 fully saturated rings. The number of ether oxygens (including phenoxy) is 2. The lowest BCUT2D eigenvalue weighted by Gasteiger charge is -2.28. The van der Waals surface area contributed by atoms with E-state index in [-0.39, 0.29) is 6.10 Å². The molecular weight excluding hydrogens is 276 g/mol. The van der Waals surface area contributed by atoms with Crippen LogP contribution < -0.4 is 15.4 Å². The highest BCUT2D eigenvalue weighted by Gasteiger charge is 2.17. The van der Waals surface area contributed by atoms with Crippen LogP contribution in [0.2, 0.25) is 0 Å². The summed E-state index contributed by atoms with van der Waals surface area (Å²) < 4.78 is 11.2. The van der Waals surface area contributed by atoms with Gasteiger partial charge in [-0.05, 0) is 51.8 Å². The first-order valence-corrected chi connectivity index (χ1v) is 8.38. The van der Waals surface area contributed by atoms with Gasteiger partial charge < -0.3 is 20.1 Å². The van der Waals surface area contributed by atoms with Crippen molar-refractivity contribution in [2.75, 3.05) is 19.8 Å². The Kier molecular flexibility index (Phi) is 6.68. The maximum atomic E-state index is 5.69. The van der Waals surface area contributed by atoms with E-state index in [4.69, 9.17) is 9.47 Å². The molecule has 1 aromatic rings. The fraction of sp³-hybridized carbons (Fsp3) is 0.667. The zero-order chi connectivity index (χ0) is 15.9. The Balaban J connectivity index is 1.81. The van der Waals surface area contributed by atoms with Gasteiger partial charge in [-0.25, -0.2) is 0 Å². The molecule has 4 heteroatoms. The SMILES string of the molecule is CC(CC1COCCN1)NC(C)c1ccc(OC(C)C)cc1. The summed E-state index contributed by atoms with van der Waals surface area (Å²) in [7, 11) is 0. The van der Waals surface area contributed by atoms with Gasteiger partial charge in [0.05, 0.1) is 19.3 Å². The van der Waals surface area contributed by atoms with Crippen molar-refractivity contribution in [1.82, 2.24) is 10.6 Å². The topological polar surface area (TPSA) is 42.5 Å². The Morgan fingerprint density at radius 3 is 2.55 bits per heavy atom. The lowest BCUT2D eigenvalue weighted by Crippen LogP contribution is -2.45. The Morgan fingerprint density at radius 1 is 1.23 bits per heavy atom. The molecule has 1 saturated heterocycles. The van der Waals surface area contributed by atoms with Crippen molar-refractivity contribution in [3.63, 3.8) is 0 Å². The summed E-state index contributed by atoms with van der Waals surface area (Å²) >= 11 is 0. The van der Waals surface area contributed by atoms with Crippen molar-refractivity contribution in [2.24, 2.45) is 0 Å². The highest BCUT2D eigenvalue weighted by molar-refractivity contribution is 5.29. The third-order valence-electron chi connectivity index (χ3n) is 3.92. The van der Waals surface area contributed by atoms with Gasteiger partial charge in [0.15, 0.2) is 0 Å². The van der Waals surface area contributed by atoms with E-state index in [9.17, 15) is 0 Å². The Hall–Kier alpha value is -1.10. The normalized spacial score (nSPS) is 21.6. The average molecular weight is 306 g/mol. The molecule has 2 rings (SSSR count). The van der Waals surface area contributed by atoms with Crippen molar-refractivity contribution >= 4 is 0 Å².